The normalized spacial score (nSPS) is 12.0. The lowest BCUT2D eigenvalue weighted by Crippen LogP contribution is -2.07. The minimum Gasteiger partial charge on any atom is -0.399 e. The van der Waals surface area contributed by atoms with Gasteiger partial charge in [-0.15, -0.1) is 0 Å². The van der Waals surface area contributed by atoms with Crippen LogP contribution < -0.4 is 5.73 Å². The van der Waals surface area contributed by atoms with Crippen molar-refractivity contribution >= 4 is 16.6 Å². The van der Waals surface area contributed by atoms with Gasteiger partial charge >= 0.3 is 6.18 Å². The van der Waals surface area contributed by atoms with Gasteiger partial charge in [-0.25, -0.2) is 9.07 Å². The van der Waals surface area contributed by atoms with Gasteiger partial charge in [0.15, 0.2) is 0 Å². The van der Waals surface area contributed by atoms with E-state index in [4.69, 9.17) is 5.73 Å². The summed E-state index contributed by atoms with van der Waals surface area (Å²) in [5, 5.41) is 4.71. The zero-order valence-corrected chi connectivity index (χ0v) is 10.5. The Bertz CT molecular complexity index is 821. The topological polar surface area (TPSA) is 43.8 Å². The zero-order chi connectivity index (χ0) is 15.2. The predicted octanol–water partition coefficient (Wildman–Crippen LogP) is 3.77. The van der Waals surface area contributed by atoms with E-state index in [2.05, 4.69) is 5.10 Å². The highest BCUT2D eigenvalue weighted by molar-refractivity contribution is 5.83. The van der Waals surface area contributed by atoms with Gasteiger partial charge in [0.2, 0.25) is 0 Å². The van der Waals surface area contributed by atoms with Crippen LogP contribution in [0, 0.1) is 5.82 Å². The maximum absolute atomic E-state index is 14.0. The zero-order valence-electron chi connectivity index (χ0n) is 10.5. The third-order valence-corrected chi connectivity index (χ3v) is 3.10. The van der Waals surface area contributed by atoms with Gasteiger partial charge in [0.1, 0.15) is 11.5 Å². The Kier molecular flexibility index (Phi) is 2.86. The lowest BCUT2D eigenvalue weighted by atomic mass is 10.2. The maximum atomic E-state index is 14.0. The number of nitrogens with two attached hydrogens (primary N) is 1. The molecule has 1 heterocycles. The van der Waals surface area contributed by atoms with E-state index in [0.29, 0.717) is 22.7 Å². The van der Waals surface area contributed by atoms with Crippen LogP contribution in [0.4, 0.5) is 23.2 Å². The van der Waals surface area contributed by atoms with E-state index in [1.165, 1.54) is 10.9 Å². The van der Waals surface area contributed by atoms with E-state index >= 15 is 0 Å². The van der Waals surface area contributed by atoms with Gasteiger partial charge in [-0.1, -0.05) is 0 Å². The minimum atomic E-state index is -4.59. The van der Waals surface area contributed by atoms with Crippen LogP contribution in [0.3, 0.4) is 0 Å². The lowest BCUT2D eigenvalue weighted by Gasteiger charge is -2.10. The second-order valence-corrected chi connectivity index (χ2v) is 4.54. The molecule has 0 saturated carbocycles. The van der Waals surface area contributed by atoms with E-state index in [9.17, 15) is 17.6 Å². The van der Waals surface area contributed by atoms with Gasteiger partial charge in [-0.2, -0.15) is 18.3 Å². The highest BCUT2D eigenvalue weighted by Crippen LogP contribution is 2.31. The number of aromatic nitrogens is 2. The van der Waals surface area contributed by atoms with Gasteiger partial charge in [0.05, 0.1) is 17.3 Å². The number of nitrogens with zero attached hydrogens (tertiary/aromatic N) is 2. The fourth-order valence-corrected chi connectivity index (χ4v) is 2.08. The van der Waals surface area contributed by atoms with Crippen LogP contribution in [0.1, 0.15) is 5.56 Å². The fourth-order valence-electron chi connectivity index (χ4n) is 2.08. The molecule has 0 saturated heterocycles. The molecule has 0 fully saturated rings. The van der Waals surface area contributed by atoms with Gasteiger partial charge < -0.3 is 5.73 Å². The predicted molar refractivity (Wildman–Crippen MR) is 70.4 cm³/mol. The van der Waals surface area contributed by atoms with Crippen LogP contribution >= 0.6 is 0 Å². The average molecular weight is 295 g/mol. The molecule has 0 atom stereocenters. The van der Waals surface area contributed by atoms with E-state index in [-0.39, 0.29) is 5.69 Å². The van der Waals surface area contributed by atoms with Crippen molar-refractivity contribution in [1.82, 2.24) is 9.78 Å². The molecular weight excluding hydrogens is 286 g/mol. The van der Waals surface area contributed by atoms with E-state index in [1.54, 1.807) is 18.2 Å². The minimum absolute atomic E-state index is 0.0661. The Hall–Kier alpha value is -2.57. The van der Waals surface area contributed by atoms with Crippen LogP contribution in [0.5, 0.6) is 0 Å². The number of nitrogen functional groups attached to an aromatic ring is 1. The molecule has 1 aromatic heterocycles. The van der Waals surface area contributed by atoms with Crippen molar-refractivity contribution in [3.63, 3.8) is 0 Å². The highest BCUT2D eigenvalue weighted by Gasteiger charge is 2.31. The number of fused-ring (bicyclic) bond motifs is 1. The van der Waals surface area contributed by atoms with Crippen molar-refractivity contribution in [3.8, 4) is 5.69 Å². The van der Waals surface area contributed by atoms with Gasteiger partial charge in [0.25, 0.3) is 0 Å². The molecule has 0 radical (unpaired) electrons. The molecule has 0 spiro atoms. The summed E-state index contributed by atoms with van der Waals surface area (Å²) in [4.78, 5) is 0. The molecule has 2 aromatic carbocycles. The number of rotatable bonds is 1. The molecule has 0 amide bonds. The Morgan fingerprint density at radius 1 is 1.05 bits per heavy atom. The quantitative estimate of drug-likeness (QED) is 0.548. The van der Waals surface area contributed by atoms with Crippen molar-refractivity contribution in [2.45, 2.75) is 6.18 Å². The molecule has 3 rings (SSSR count). The van der Waals surface area contributed by atoms with Crippen LogP contribution in [0.2, 0.25) is 0 Å². The smallest absolute Gasteiger partial charge is 0.399 e. The summed E-state index contributed by atoms with van der Waals surface area (Å²) >= 11 is 0. The molecular formula is C14H9F4N3. The van der Waals surface area contributed by atoms with E-state index < -0.39 is 17.6 Å². The molecule has 7 heteroatoms. The summed E-state index contributed by atoms with van der Waals surface area (Å²) in [6.07, 6.45) is -3.10. The summed E-state index contributed by atoms with van der Waals surface area (Å²) in [7, 11) is 0. The van der Waals surface area contributed by atoms with Crippen molar-refractivity contribution in [2.75, 3.05) is 5.73 Å². The summed E-state index contributed by atoms with van der Waals surface area (Å²) in [5.41, 5.74) is 5.53. The maximum Gasteiger partial charge on any atom is 0.416 e. The average Bonchev–Trinajstić information content (AvgIpc) is 2.80. The summed E-state index contributed by atoms with van der Waals surface area (Å²) in [5.74, 6) is -1.00. The Labute approximate surface area is 116 Å². The molecule has 2 N–H and O–H groups in total. The van der Waals surface area contributed by atoms with E-state index in [0.717, 1.165) is 12.1 Å². The SMILES string of the molecule is Nc1ccc2cnn(-c3ccc(C(F)(F)F)cc3F)c2c1. The Morgan fingerprint density at radius 2 is 1.81 bits per heavy atom. The van der Waals surface area contributed by atoms with Gasteiger partial charge in [-0.05, 0) is 36.4 Å². The van der Waals surface area contributed by atoms with E-state index in [1.807, 2.05) is 0 Å². The number of halogens is 4. The van der Waals surface area contributed by atoms with Crippen LogP contribution in [0.25, 0.3) is 16.6 Å². The second kappa shape index (κ2) is 4.47. The first-order chi connectivity index (χ1) is 9.86. The van der Waals surface area contributed by atoms with Crippen molar-refractivity contribution < 1.29 is 17.6 Å². The highest BCUT2D eigenvalue weighted by atomic mass is 19.4. The number of hydrogen-bond acceptors (Lipinski definition) is 2. The Balaban J connectivity index is 2.17. The summed E-state index contributed by atoms with van der Waals surface area (Å²) in [6.45, 7) is 0. The summed E-state index contributed by atoms with van der Waals surface area (Å²) < 4.78 is 52.8. The number of anilines is 1. The van der Waals surface area contributed by atoms with Crippen molar-refractivity contribution in [1.29, 1.82) is 0 Å². The fraction of sp³-hybridized carbons (Fsp3) is 0.0714. The van der Waals surface area contributed by atoms with Crippen LogP contribution in [-0.4, -0.2) is 9.78 Å². The molecule has 0 aliphatic heterocycles. The molecule has 0 bridgehead atoms. The molecule has 3 nitrogen and oxygen atoms in total. The summed E-state index contributed by atoms with van der Waals surface area (Å²) in [6, 6.07) is 7.27. The lowest BCUT2D eigenvalue weighted by molar-refractivity contribution is -0.137. The third kappa shape index (κ3) is 2.31. The molecule has 21 heavy (non-hydrogen) atoms. The Morgan fingerprint density at radius 3 is 2.48 bits per heavy atom. The number of benzene rings is 2. The van der Waals surface area contributed by atoms with Gasteiger partial charge in [-0.3, -0.25) is 0 Å². The third-order valence-electron chi connectivity index (χ3n) is 3.10. The first kappa shape index (κ1) is 13.4. The molecule has 108 valence electrons. The second-order valence-electron chi connectivity index (χ2n) is 4.54. The number of alkyl halides is 3. The molecule has 0 aliphatic rings. The van der Waals surface area contributed by atoms with Crippen LogP contribution in [0.15, 0.2) is 42.6 Å². The molecule has 3 aromatic rings. The molecule has 0 aliphatic carbocycles. The monoisotopic (exact) mass is 295 g/mol. The number of hydrogen-bond donors (Lipinski definition) is 1. The van der Waals surface area contributed by atoms with Crippen molar-refractivity contribution in [2.24, 2.45) is 0 Å². The largest absolute Gasteiger partial charge is 0.416 e. The standard InChI is InChI=1S/C14H9F4N3/c15-11-5-9(14(16,17)18)2-4-12(11)21-13-6-10(19)3-1-8(13)7-20-21/h1-7H,19H2. The molecule has 0 unspecified atom stereocenters. The first-order valence-corrected chi connectivity index (χ1v) is 5.96. The van der Waals surface area contributed by atoms with Crippen molar-refractivity contribution in [3.05, 3.63) is 54.0 Å². The van der Waals surface area contributed by atoms with Gasteiger partial charge in [0, 0.05) is 11.1 Å². The van der Waals surface area contributed by atoms with Crippen LogP contribution in [-0.2, 0) is 6.18 Å². The first-order valence-electron chi connectivity index (χ1n) is 5.96.